The number of hydrogen-bond acceptors (Lipinski definition) is 5. The first kappa shape index (κ1) is 13.1. The number of morpholine rings is 1. The Balaban J connectivity index is 1.93. The maximum Gasteiger partial charge on any atom is 0.262 e. The highest BCUT2D eigenvalue weighted by Gasteiger charge is 2.26. The SMILES string of the molecule is CC1CN(c2cc3c(cc2N)OCC(=O)N3)CC(C)O1. The fourth-order valence-electron chi connectivity index (χ4n) is 2.78. The van der Waals surface area contributed by atoms with Gasteiger partial charge in [0.25, 0.3) is 5.91 Å². The number of fused-ring (bicyclic) bond motifs is 1. The Hall–Kier alpha value is -1.95. The Kier molecular flexibility index (Phi) is 3.17. The first-order valence-electron chi connectivity index (χ1n) is 6.79. The quantitative estimate of drug-likeness (QED) is 0.755. The van der Waals surface area contributed by atoms with E-state index in [4.69, 9.17) is 15.2 Å². The van der Waals surface area contributed by atoms with Gasteiger partial charge < -0.3 is 25.4 Å². The second-order valence-electron chi connectivity index (χ2n) is 5.41. The van der Waals surface area contributed by atoms with Crippen LogP contribution in [0.1, 0.15) is 13.8 Å². The molecule has 6 heteroatoms. The predicted octanol–water partition coefficient (Wildman–Crippen LogP) is 1.21. The lowest BCUT2D eigenvalue weighted by molar-refractivity contribution is -0.118. The molecule has 1 aromatic rings. The van der Waals surface area contributed by atoms with E-state index in [1.54, 1.807) is 6.07 Å². The van der Waals surface area contributed by atoms with E-state index in [2.05, 4.69) is 10.2 Å². The maximum atomic E-state index is 11.4. The topological polar surface area (TPSA) is 76.8 Å². The standard InChI is InChI=1S/C14H19N3O3/c1-8-5-17(6-9(2)20-8)12-4-11-13(3-10(12)15)19-7-14(18)16-11/h3-4,8-9H,5-7,15H2,1-2H3,(H,16,18). The number of nitrogens with two attached hydrogens (primary N) is 1. The van der Waals surface area contributed by atoms with Gasteiger partial charge in [-0.3, -0.25) is 4.79 Å². The molecule has 1 amide bonds. The first-order chi connectivity index (χ1) is 9.52. The fraction of sp³-hybridized carbons (Fsp3) is 0.500. The third-order valence-corrected chi connectivity index (χ3v) is 3.52. The smallest absolute Gasteiger partial charge is 0.262 e. The Labute approximate surface area is 117 Å². The van der Waals surface area contributed by atoms with Crippen molar-refractivity contribution in [3.63, 3.8) is 0 Å². The first-order valence-corrected chi connectivity index (χ1v) is 6.79. The van der Waals surface area contributed by atoms with Gasteiger partial charge in [-0.15, -0.1) is 0 Å². The van der Waals surface area contributed by atoms with Crippen LogP contribution in [-0.2, 0) is 9.53 Å². The maximum absolute atomic E-state index is 11.4. The van der Waals surface area contributed by atoms with Gasteiger partial charge in [-0.25, -0.2) is 0 Å². The van der Waals surface area contributed by atoms with Crippen molar-refractivity contribution in [3.05, 3.63) is 12.1 Å². The van der Waals surface area contributed by atoms with Crippen molar-refractivity contribution < 1.29 is 14.3 Å². The number of carbonyl (C=O) groups is 1. The molecule has 1 saturated heterocycles. The van der Waals surface area contributed by atoms with Crippen LogP contribution in [-0.4, -0.2) is 37.8 Å². The summed E-state index contributed by atoms with van der Waals surface area (Å²) in [7, 11) is 0. The second-order valence-corrected chi connectivity index (χ2v) is 5.41. The van der Waals surface area contributed by atoms with Crippen LogP contribution in [0.25, 0.3) is 0 Å². The summed E-state index contributed by atoms with van der Waals surface area (Å²) in [4.78, 5) is 13.6. The molecule has 1 fully saturated rings. The summed E-state index contributed by atoms with van der Waals surface area (Å²) in [6.45, 7) is 5.69. The van der Waals surface area contributed by atoms with Gasteiger partial charge in [0.1, 0.15) is 5.75 Å². The molecule has 0 aliphatic carbocycles. The normalized spacial score (nSPS) is 25.7. The Morgan fingerprint density at radius 2 is 2.00 bits per heavy atom. The minimum Gasteiger partial charge on any atom is -0.482 e. The van der Waals surface area contributed by atoms with Crippen LogP contribution in [0.2, 0.25) is 0 Å². The van der Waals surface area contributed by atoms with E-state index < -0.39 is 0 Å². The predicted molar refractivity (Wildman–Crippen MR) is 77.2 cm³/mol. The molecule has 0 saturated carbocycles. The highest BCUT2D eigenvalue weighted by molar-refractivity contribution is 5.97. The summed E-state index contributed by atoms with van der Waals surface area (Å²) in [5.41, 5.74) is 8.37. The van der Waals surface area contributed by atoms with E-state index in [-0.39, 0.29) is 24.7 Å². The van der Waals surface area contributed by atoms with Gasteiger partial charge in [0.15, 0.2) is 6.61 Å². The molecular weight excluding hydrogens is 258 g/mol. The highest BCUT2D eigenvalue weighted by Crippen LogP contribution is 2.37. The van der Waals surface area contributed by atoms with Gasteiger partial charge in [-0.1, -0.05) is 0 Å². The lowest BCUT2D eigenvalue weighted by Gasteiger charge is -2.37. The number of carbonyl (C=O) groups excluding carboxylic acids is 1. The number of nitrogens with zero attached hydrogens (tertiary/aromatic N) is 1. The molecule has 2 aliphatic heterocycles. The van der Waals surface area contributed by atoms with Crippen LogP contribution < -0.4 is 20.7 Å². The molecule has 2 aliphatic rings. The number of ether oxygens (including phenoxy) is 2. The van der Waals surface area contributed by atoms with Crippen molar-refractivity contribution in [3.8, 4) is 5.75 Å². The van der Waals surface area contributed by atoms with E-state index >= 15 is 0 Å². The third kappa shape index (κ3) is 2.38. The Morgan fingerprint density at radius 1 is 1.30 bits per heavy atom. The minimum atomic E-state index is -0.142. The zero-order valence-electron chi connectivity index (χ0n) is 11.7. The molecule has 20 heavy (non-hydrogen) atoms. The van der Waals surface area contributed by atoms with E-state index in [1.807, 2.05) is 19.9 Å². The molecule has 2 unspecified atom stereocenters. The number of amides is 1. The molecule has 6 nitrogen and oxygen atoms in total. The fourth-order valence-corrected chi connectivity index (χ4v) is 2.78. The Morgan fingerprint density at radius 3 is 2.70 bits per heavy atom. The summed E-state index contributed by atoms with van der Waals surface area (Å²) in [5, 5.41) is 2.81. The molecule has 0 bridgehead atoms. The lowest BCUT2D eigenvalue weighted by atomic mass is 10.1. The van der Waals surface area contributed by atoms with Gasteiger partial charge in [-0.2, -0.15) is 0 Å². The number of hydrogen-bond donors (Lipinski definition) is 2. The number of nitrogen functional groups attached to an aromatic ring is 1. The molecule has 3 N–H and O–H groups in total. The van der Waals surface area contributed by atoms with Crippen LogP contribution >= 0.6 is 0 Å². The Bertz CT molecular complexity index is 537. The molecule has 1 aromatic carbocycles. The average molecular weight is 277 g/mol. The second kappa shape index (κ2) is 4.86. The molecule has 2 atom stereocenters. The largest absolute Gasteiger partial charge is 0.482 e. The van der Waals surface area contributed by atoms with Crippen LogP contribution in [0.5, 0.6) is 5.75 Å². The minimum absolute atomic E-state index is 0.0391. The van der Waals surface area contributed by atoms with Gasteiger partial charge >= 0.3 is 0 Å². The van der Waals surface area contributed by atoms with Gasteiger partial charge in [0, 0.05) is 19.2 Å². The van der Waals surface area contributed by atoms with Crippen molar-refractivity contribution in [2.75, 3.05) is 35.6 Å². The monoisotopic (exact) mass is 277 g/mol. The van der Waals surface area contributed by atoms with Crippen molar-refractivity contribution in [1.29, 1.82) is 0 Å². The summed E-state index contributed by atoms with van der Waals surface area (Å²) in [6.07, 6.45) is 0.306. The van der Waals surface area contributed by atoms with Crippen LogP contribution in [0.15, 0.2) is 12.1 Å². The molecule has 2 heterocycles. The number of anilines is 3. The summed E-state index contributed by atoms with van der Waals surface area (Å²) < 4.78 is 11.1. The molecule has 3 rings (SSSR count). The lowest BCUT2D eigenvalue weighted by Crippen LogP contribution is -2.45. The summed E-state index contributed by atoms with van der Waals surface area (Å²) >= 11 is 0. The number of nitrogens with one attached hydrogen (secondary N) is 1. The molecule has 0 aromatic heterocycles. The van der Waals surface area contributed by atoms with Crippen LogP contribution in [0, 0.1) is 0 Å². The van der Waals surface area contributed by atoms with Crippen molar-refractivity contribution in [2.45, 2.75) is 26.1 Å². The van der Waals surface area contributed by atoms with Gasteiger partial charge in [0.2, 0.25) is 0 Å². The van der Waals surface area contributed by atoms with E-state index in [1.165, 1.54) is 0 Å². The van der Waals surface area contributed by atoms with Crippen molar-refractivity contribution >= 4 is 23.0 Å². The van der Waals surface area contributed by atoms with E-state index in [9.17, 15) is 4.79 Å². The molecular formula is C14H19N3O3. The van der Waals surface area contributed by atoms with Crippen LogP contribution in [0.4, 0.5) is 17.1 Å². The third-order valence-electron chi connectivity index (χ3n) is 3.52. The summed E-state index contributed by atoms with van der Waals surface area (Å²) in [5.74, 6) is 0.483. The molecule has 0 spiro atoms. The van der Waals surface area contributed by atoms with Crippen molar-refractivity contribution in [1.82, 2.24) is 0 Å². The highest BCUT2D eigenvalue weighted by atomic mass is 16.5. The van der Waals surface area contributed by atoms with Crippen LogP contribution in [0.3, 0.4) is 0 Å². The number of benzene rings is 1. The average Bonchev–Trinajstić information content (AvgIpc) is 2.37. The molecule has 108 valence electrons. The van der Waals surface area contributed by atoms with E-state index in [0.717, 1.165) is 18.8 Å². The van der Waals surface area contributed by atoms with Crippen molar-refractivity contribution in [2.24, 2.45) is 0 Å². The van der Waals surface area contributed by atoms with Gasteiger partial charge in [0.05, 0.1) is 29.3 Å². The zero-order chi connectivity index (χ0) is 14.3. The number of rotatable bonds is 1. The molecule has 0 radical (unpaired) electrons. The van der Waals surface area contributed by atoms with E-state index in [0.29, 0.717) is 17.1 Å². The summed E-state index contributed by atoms with van der Waals surface area (Å²) in [6, 6.07) is 3.65. The zero-order valence-corrected chi connectivity index (χ0v) is 11.7. The van der Waals surface area contributed by atoms with Gasteiger partial charge in [-0.05, 0) is 19.9 Å².